The highest BCUT2D eigenvalue weighted by Crippen LogP contribution is 2.33. The highest BCUT2D eigenvalue weighted by atomic mass is 16.5. The van der Waals surface area contributed by atoms with E-state index in [0.29, 0.717) is 24.5 Å². The van der Waals surface area contributed by atoms with E-state index in [1.54, 1.807) is 18.3 Å². The standard InChI is InChI=1S/C22H27N3O4/c1-28-19-8-3-2-7-17(19)25-15-16(13-21(25)26)22(27)23-14-18(20-9-6-12-29-20)24-10-4-5-11-24/h2-3,6-9,12,16,18H,4-5,10-11,13-15H2,1H3,(H,23,27). The van der Waals surface area contributed by atoms with Crippen LogP contribution in [0.15, 0.2) is 47.1 Å². The third-order valence-corrected chi connectivity index (χ3v) is 5.79. The van der Waals surface area contributed by atoms with Crippen molar-refractivity contribution in [2.24, 2.45) is 5.92 Å². The van der Waals surface area contributed by atoms with Gasteiger partial charge in [-0.3, -0.25) is 14.5 Å². The maximum Gasteiger partial charge on any atom is 0.227 e. The van der Waals surface area contributed by atoms with Gasteiger partial charge in [-0.2, -0.15) is 0 Å². The van der Waals surface area contributed by atoms with E-state index in [2.05, 4.69) is 10.2 Å². The van der Waals surface area contributed by atoms with Crippen molar-refractivity contribution < 1.29 is 18.7 Å². The quantitative estimate of drug-likeness (QED) is 0.777. The maximum atomic E-state index is 12.8. The smallest absolute Gasteiger partial charge is 0.227 e. The molecule has 3 heterocycles. The van der Waals surface area contributed by atoms with Gasteiger partial charge in [-0.1, -0.05) is 12.1 Å². The number of hydrogen-bond acceptors (Lipinski definition) is 5. The number of amides is 2. The van der Waals surface area contributed by atoms with Gasteiger partial charge in [0.15, 0.2) is 0 Å². The summed E-state index contributed by atoms with van der Waals surface area (Å²) < 4.78 is 11.0. The van der Waals surface area contributed by atoms with Crippen LogP contribution in [0.5, 0.6) is 5.75 Å². The van der Waals surface area contributed by atoms with E-state index in [4.69, 9.17) is 9.15 Å². The molecular formula is C22H27N3O4. The SMILES string of the molecule is COc1ccccc1N1CC(C(=O)NCC(c2ccco2)N2CCCC2)CC1=O. The zero-order valence-corrected chi connectivity index (χ0v) is 16.7. The number of nitrogens with zero attached hydrogens (tertiary/aromatic N) is 2. The van der Waals surface area contributed by atoms with Gasteiger partial charge in [-0.25, -0.2) is 0 Å². The molecule has 7 heteroatoms. The van der Waals surface area contributed by atoms with Gasteiger partial charge in [0.05, 0.1) is 31.0 Å². The molecule has 2 aliphatic rings. The third kappa shape index (κ3) is 4.15. The second-order valence-electron chi connectivity index (χ2n) is 7.60. The maximum absolute atomic E-state index is 12.8. The van der Waals surface area contributed by atoms with Gasteiger partial charge in [0.1, 0.15) is 11.5 Å². The van der Waals surface area contributed by atoms with E-state index in [1.165, 1.54) is 0 Å². The van der Waals surface area contributed by atoms with Gasteiger partial charge >= 0.3 is 0 Å². The van der Waals surface area contributed by atoms with E-state index < -0.39 is 0 Å². The van der Waals surface area contributed by atoms with Crippen LogP contribution in [0.2, 0.25) is 0 Å². The summed E-state index contributed by atoms with van der Waals surface area (Å²) in [6.45, 7) is 2.85. The van der Waals surface area contributed by atoms with Crippen molar-refractivity contribution in [1.29, 1.82) is 0 Å². The average Bonchev–Trinajstić information content (AvgIpc) is 3.50. The molecule has 1 aromatic carbocycles. The normalized spacial score (nSPS) is 20.8. The summed E-state index contributed by atoms with van der Waals surface area (Å²) in [7, 11) is 1.58. The minimum absolute atomic E-state index is 0.0267. The summed E-state index contributed by atoms with van der Waals surface area (Å²) in [6.07, 6.45) is 4.20. The highest BCUT2D eigenvalue weighted by molar-refractivity contribution is 6.01. The third-order valence-electron chi connectivity index (χ3n) is 5.79. The lowest BCUT2D eigenvalue weighted by Gasteiger charge is -2.26. The number of ether oxygens (including phenoxy) is 1. The van der Waals surface area contributed by atoms with Crippen molar-refractivity contribution >= 4 is 17.5 Å². The Morgan fingerprint density at radius 1 is 1.24 bits per heavy atom. The molecule has 29 heavy (non-hydrogen) atoms. The zero-order chi connectivity index (χ0) is 20.2. The van der Waals surface area contributed by atoms with E-state index in [-0.39, 0.29) is 30.2 Å². The van der Waals surface area contributed by atoms with Crippen LogP contribution >= 0.6 is 0 Å². The van der Waals surface area contributed by atoms with Gasteiger partial charge in [0, 0.05) is 19.5 Å². The van der Waals surface area contributed by atoms with Crippen LogP contribution in [-0.2, 0) is 9.59 Å². The first kappa shape index (κ1) is 19.5. The molecule has 1 N–H and O–H groups in total. The molecule has 0 radical (unpaired) electrons. The molecule has 2 aliphatic heterocycles. The van der Waals surface area contributed by atoms with Crippen molar-refractivity contribution in [3.05, 3.63) is 48.4 Å². The minimum Gasteiger partial charge on any atom is -0.495 e. The van der Waals surface area contributed by atoms with Gasteiger partial charge in [0.25, 0.3) is 0 Å². The number of anilines is 1. The van der Waals surface area contributed by atoms with Crippen LogP contribution in [0.3, 0.4) is 0 Å². The second-order valence-corrected chi connectivity index (χ2v) is 7.60. The number of likely N-dealkylation sites (tertiary alicyclic amines) is 1. The summed E-state index contributed by atoms with van der Waals surface area (Å²) in [5, 5.41) is 3.06. The van der Waals surface area contributed by atoms with E-state index >= 15 is 0 Å². The predicted molar refractivity (Wildman–Crippen MR) is 109 cm³/mol. The number of para-hydroxylation sites is 2. The Balaban J connectivity index is 1.40. The molecule has 1 aromatic heterocycles. The van der Waals surface area contributed by atoms with Crippen molar-refractivity contribution in [2.45, 2.75) is 25.3 Å². The molecule has 0 spiro atoms. The molecule has 0 saturated carbocycles. The van der Waals surface area contributed by atoms with Crippen LogP contribution < -0.4 is 15.0 Å². The number of carbonyl (C=O) groups excluding carboxylic acids is 2. The zero-order valence-electron chi connectivity index (χ0n) is 16.7. The molecule has 0 aliphatic carbocycles. The molecule has 2 aromatic rings. The van der Waals surface area contributed by atoms with Gasteiger partial charge in [0.2, 0.25) is 11.8 Å². The summed E-state index contributed by atoms with van der Waals surface area (Å²) in [5.41, 5.74) is 0.709. The van der Waals surface area contributed by atoms with Crippen molar-refractivity contribution in [2.75, 3.05) is 38.2 Å². The molecule has 154 valence electrons. The predicted octanol–water partition coefficient (Wildman–Crippen LogP) is 2.59. The van der Waals surface area contributed by atoms with Crippen molar-refractivity contribution in [3.63, 3.8) is 0 Å². The minimum atomic E-state index is -0.372. The number of benzene rings is 1. The van der Waals surface area contributed by atoms with Crippen LogP contribution in [0, 0.1) is 5.92 Å². The first-order chi connectivity index (χ1) is 14.2. The second kappa shape index (κ2) is 8.69. The molecule has 2 unspecified atom stereocenters. The molecule has 2 saturated heterocycles. The first-order valence-electron chi connectivity index (χ1n) is 10.2. The van der Waals surface area contributed by atoms with Crippen molar-refractivity contribution in [1.82, 2.24) is 10.2 Å². The fourth-order valence-electron chi connectivity index (χ4n) is 4.25. The number of nitrogens with one attached hydrogen (secondary N) is 1. The lowest BCUT2D eigenvalue weighted by Crippen LogP contribution is -2.39. The fraction of sp³-hybridized carbons (Fsp3) is 0.455. The summed E-state index contributed by atoms with van der Waals surface area (Å²) in [4.78, 5) is 29.4. The Hall–Kier alpha value is -2.80. The number of methoxy groups -OCH3 is 1. The van der Waals surface area contributed by atoms with E-state index in [9.17, 15) is 9.59 Å². The Kier molecular flexibility index (Phi) is 5.85. The average molecular weight is 397 g/mol. The lowest BCUT2D eigenvalue weighted by atomic mass is 10.1. The molecular weight excluding hydrogens is 370 g/mol. The number of carbonyl (C=O) groups is 2. The van der Waals surface area contributed by atoms with Crippen LogP contribution in [-0.4, -0.2) is 50.0 Å². The molecule has 2 atom stereocenters. The Morgan fingerprint density at radius 2 is 2.03 bits per heavy atom. The topological polar surface area (TPSA) is 75.0 Å². The summed E-state index contributed by atoms with van der Waals surface area (Å²) in [5.74, 6) is 0.977. The van der Waals surface area contributed by atoms with Gasteiger partial charge in [-0.05, 0) is 50.2 Å². The van der Waals surface area contributed by atoms with E-state index in [1.807, 2.05) is 36.4 Å². The molecule has 2 amide bonds. The van der Waals surface area contributed by atoms with Gasteiger partial charge in [-0.15, -0.1) is 0 Å². The Bertz CT molecular complexity index is 846. The number of furan rings is 1. The lowest BCUT2D eigenvalue weighted by molar-refractivity contribution is -0.126. The largest absolute Gasteiger partial charge is 0.495 e. The summed E-state index contributed by atoms with van der Waals surface area (Å²) in [6, 6.07) is 11.2. The fourth-order valence-corrected chi connectivity index (χ4v) is 4.25. The Morgan fingerprint density at radius 3 is 2.76 bits per heavy atom. The molecule has 7 nitrogen and oxygen atoms in total. The monoisotopic (exact) mass is 397 g/mol. The number of rotatable bonds is 7. The van der Waals surface area contributed by atoms with Crippen LogP contribution in [0.25, 0.3) is 0 Å². The van der Waals surface area contributed by atoms with Crippen LogP contribution in [0.1, 0.15) is 31.1 Å². The van der Waals surface area contributed by atoms with Gasteiger partial charge < -0.3 is 19.4 Å². The highest BCUT2D eigenvalue weighted by Gasteiger charge is 2.36. The molecule has 4 rings (SSSR count). The van der Waals surface area contributed by atoms with E-state index in [0.717, 1.165) is 31.7 Å². The summed E-state index contributed by atoms with van der Waals surface area (Å²) >= 11 is 0. The van der Waals surface area contributed by atoms with Crippen molar-refractivity contribution in [3.8, 4) is 5.75 Å². The number of hydrogen-bond donors (Lipinski definition) is 1. The molecule has 0 bridgehead atoms. The Labute approximate surface area is 170 Å². The molecule has 2 fully saturated rings. The van der Waals surface area contributed by atoms with Crippen LogP contribution in [0.4, 0.5) is 5.69 Å². The first-order valence-corrected chi connectivity index (χ1v) is 10.2.